The summed E-state index contributed by atoms with van der Waals surface area (Å²) in [5, 5.41) is 5.69. The normalized spacial score (nSPS) is 11.2. The second-order valence-corrected chi connectivity index (χ2v) is 9.71. The first-order valence-electron chi connectivity index (χ1n) is 11.9. The first-order valence-corrected chi connectivity index (χ1v) is 13.1. The maximum Gasteiger partial charge on any atom is 0.282 e. The number of aromatic nitrogens is 2. The van der Waals surface area contributed by atoms with Gasteiger partial charge in [0, 0.05) is 27.0 Å². The van der Waals surface area contributed by atoms with Crippen LogP contribution in [0.15, 0.2) is 81.6 Å². The van der Waals surface area contributed by atoms with E-state index in [4.69, 9.17) is 26.1 Å². The monoisotopic (exact) mass is 579 g/mol. The van der Waals surface area contributed by atoms with E-state index in [0.29, 0.717) is 52.7 Å². The molecule has 0 radical (unpaired) electrons. The number of ether oxygens (including phenoxy) is 2. The minimum Gasteiger partial charge on any atom is -0.493 e. The Hall–Kier alpha value is -3.42. The van der Waals surface area contributed by atoms with Gasteiger partial charge in [0.25, 0.3) is 5.56 Å². The Morgan fingerprint density at radius 2 is 1.97 bits per heavy atom. The van der Waals surface area contributed by atoms with Gasteiger partial charge < -0.3 is 9.47 Å². The van der Waals surface area contributed by atoms with E-state index in [0.717, 1.165) is 27.6 Å². The summed E-state index contributed by atoms with van der Waals surface area (Å²) in [7, 11) is 1.59. The van der Waals surface area contributed by atoms with Crippen LogP contribution in [-0.2, 0) is 19.4 Å². The number of methoxy groups -OCH3 is 1. The van der Waals surface area contributed by atoms with Crippen LogP contribution in [0.1, 0.15) is 35.9 Å². The summed E-state index contributed by atoms with van der Waals surface area (Å²) in [4.78, 5) is 18.0. The van der Waals surface area contributed by atoms with Gasteiger partial charge in [-0.1, -0.05) is 58.7 Å². The number of nitrogens with zero attached hydrogens (tertiary/aromatic N) is 3. The molecule has 0 fully saturated rings. The van der Waals surface area contributed by atoms with Crippen molar-refractivity contribution in [3.8, 4) is 11.5 Å². The van der Waals surface area contributed by atoms with E-state index < -0.39 is 0 Å². The zero-order valence-electron chi connectivity index (χ0n) is 20.7. The molecule has 0 spiro atoms. The van der Waals surface area contributed by atoms with E-state index >= 15 is 0 Å². The molecule has 0 amide bonds. The molecule has 6 nitrogen and oxygen atoms in total. The predicted molar refractivity (Wildman–Crippen MR) is 153 cm³/mol. The maximum atomic E-state index is 13.3. The summed E-state index contributed by atoms with van der Waals surface area (Å²) in [6.45, 7) is 6.21. The zero-order valence-corrected chi connectivity index (χ0v) is 23.1. The van der Waals surface area contributed by atoms with Gasteiger partial charge in [0.2, 0.25) is 0 Å². The molecule has 0 N–H and O–H groups in total. The molecular weight excluding hydrogens is 554 g/mol. The Labute approximate surface area is 229 Å². The third-order valence-electron chi connectivity index (χ3n) is 5.74. The van der Waals surface area contributed by atoms with Gasteiger partial charge in [0.15, 0.2) is 11.5 Å². The quantitative estimate of drug-likeness (QED) is 0.150. The first-order chi connectivity index (χ1) is 17.9. The van der Waals surface area contributed by atoms with Crippen molar-refractivity contribution >= 4 is 44.6 Å². The second-order valence-electron chi connectivity index (χ2n) is 8.39. The van der Waals surface area contributed by atoms with Gasteiger partial charge in [0.05, 0.1) is 24.2 Å². The van der Waals surface area contributed by atoms with E-state index in [9.17, 15) is 4.79 Å². The predicted octanol–water partition coefficient (Wildman–Crippen LogP) is 6.96. The molecular formula is C29H27BrClN3O3. The van der Waals surface area contributed by atoms with Gasteiger partial charge in [-0.2, -0.15) is 9.78 Å². The van der Waals surface area contributed by atoms with E-state index in [1.165, 1.54) is 4.68 Å². The van der Waals surface area contributed by atoms with Crippen molar-refractivity contribution in [2.24, 2.45) is 5.10 Å². The number of fused-ring (bicyclic) bond motifs is 1. The Kier molecular flexibility index (Phi) is 8.79. The van der Waals surface area contributed by atoms with Crippen molar-refractivity contribution in [3.63, 3.8) is 0 Å². The number of rotatable bonds is 10. The molecule has 0 aliphatic rings. The number of allylic oxidation sites excluding steroid dienone is 1. The molecule has 0 saturated carbocycles. The maximum absolute atomic E-state index is 13.3. The average Bonchev–Trinajstić information content (AvgIpc) is 2.89. The van der Waals surface area contributed by atoms with Gasteiger partial charge in [-0.15, -0.1) is 6.58 Å². The smallest absolute Gasteiger partial charge is 0.282 e. The summed E-state index contributed by atoms with van der Waals surface area (Å²) < 4.78 is 14.0. The third kappa shape index (κ3) is 6.12. The number of aryl methyl sites for hydroxylation is 1. The fourth-order valence-electron chi connectivity index (χ4n) is 3.97. The van der Waals surface area contributed by atoms with Gasteiger partial charge in [-0.05, 0) is 54.8 Å². The van der Waals surface area contributed by atoms with Crippen molar-refractivity contribution in [1.82, 2.24) is 9.66 Å². The highest BCUT2D eigenvalue weighted by molar-refractivity contribution is 9.10. The fraction of sp³-hybridized carbons (Fsp3) is 0.207. The van der Waals surface area contributed by atoms with Crippen LogP contribution >= 0.6 is 27.5 Å². The van der Waals surface area contributed by atoms with Crippen molar-refractivity contribution in [1.29, 1.82) is 0 Å². The van der Waals surface area contributed by atoms with Crippen molar-refractivity contribution in [3.05, 3.63) is 110 Å². The van der Waals surface area contributed by atoms with E-state index in [2.05, 4.69) is 27.6 Å². The largest absolute Gasteiger partial charge is 0.493 e. The minimum atomic E-state index is -0.219. The number of hydrogen-bond acceptors (Lipinski definition) is 5. The molecule has 4 rings (SSSR count). The number of hydrogen-bond donors (Lipinski definition) is 0. The van der Waals surface area contributed by atoms with Gasteiger partial charge in [0.1, 0.15) is 12.4 Å². The Bertz CT molecular complexity index is 1530. The highest BCUT2D eigenvalue weighted by Crippen LogP contribution is 2.34. The fourth-order valence-corrected chi connectivity index (χ4v) is 4.52. The van der Waals surface area contributed by atoms with Crippen LogP contribution in [-0.4, -0.2) is 23.0 Å². The minimum absolute atomic E-state index is 0.219. The molecule has 8 heteroatoms. The lowest BCUT2D eigenvalue weighted by atomic mass is 10.1. The lowest BCUT2D eigenvalue weighted by Gasteiger charge is -2.16. The summed E-state index contributed by atoms with van der Waals surface area (Å²) >= 11 is 9.74. The number of halogens is 2. The summed E-state index contributed by atoms with van der Waals surface area (Å²) in [6.07, 6.45) is 5.45. The lowest BCUT2D eigenvalue weighted by Crippen LogP contribution is -2.22. The number of benzene rings is 3. The first kappa shape index (κ1) is 26.6. The summed E-state index contributed by atoms with van der Waals surface area (Å²) in [5.74, 6) is 1.77. The molecule has 0 aliphatic heterocycles. The molecule has 0 saturated heterocycles. The van der Waals surface area contributed by atoms with Crippen LogP contribution in [0.3, 0.4) is 0 Å². The van der Waals surface area contributed by atoms with Gasteiger partial charge in [-0.25, -0.2) is 4.98 Å². The van der Waals surface area contributed by atoms with Crippen LogP contribution in [0.25, 0.3) is 10.9 Å². The second kappa shape index (κ2) is 12.2. The molecule has 1 aromatic heterocycles. The molecule has 0 aliphatic carbocycles. The SMILES string of the molecule is C=CCc1cc(C=Nn2c(CCC)nc3ccc(Br)cc3c2=O)cc(OC)c1OCc1ccccc1Cl. The standard InChI is InChI=1S/C29H27BrClN3O3/c1-4-8-20-14-19(15-26(36-3)28(20)37-18-21-10-6-7-11-24(21)31)17-32-34-27(9-5-2)33-25-13-12-22(30)16-23(25)29(34)35/h4,6-7,10-17H,1,5,8-9,18H2,2-3H3. The highest BCUT2D eigenvalue weighted by Gasteiger charge is 2.14. The highest BCUT2D eigenvalue weighted by atomic mass is 79.9. The molecule has 1 heterocycles. The summed E-state index contributed by atoms with van der Waals surface area (Å²) in [6, 6.07) is 16.8. The molecule has 190 valence electrons. The Balaban J connectivity index is 1.73. The summed E-state index contributed by atoms with van der Waals surface area (Å²) in [5.41, 5.74) is 2.94. The molecule has 0 atom stereocenters. The van der Waals surface area contributed by atoms with Crippen LogP contribution in [0.2, 0.25) is 5.02 Å². The Morgan fingerprint density at radius 1 is 1.16 bits per heavy atom. The topological polar surface area (TPSA) is 65.7 Å². The van der Waals surface area contributed by atoms with E-state index in [1.807, 2.05) is 55.5 Å². The van der Waals surface area contributed by atoms with Crippen LogP contribution in [0.5, 0.6) is 11.5 Å². The third-order valence-corrected chi connectivity index (χ3v) is 6.60. The van der Waals surface area contributed by atoms with Crippen molar-refractivity contribution in [2.75, 3.05) is 7.11 Å². The van der Waals surface area contributed by atoms with E-state index in [1.54, 1.807) is 25.5 Å². The average molecular weight is 581 g/mol. The van der Waals surface area contributed by atoms with Crippen LogP contribution in [0, 0.1) is 0 Å². The zero-order chi connectivity index (χ0) is 26.4. The molecule has 0 unspecified atom stereocenters. The van der Waals surface area contributed by atoms with Crippen molar-refractivity contribution < 1.29 is 9.47 Å². The lowest BCUT2D eigenvalue weighted by molar-refractivity contribution is 0.282. The van der Waals surface area contributed by atoms with Crippen molar-refractivity contribution in [2.45, 2.75) is 32.8 Å². The van der Waals surface area contributed by atoms with Crippen LogP contribution in [0.4, 0.5) is 0 Å². The molecule has 0 bridgehead atoms. The van der Waals surface area contributed by atoms with Crippen LogP contribution < -0.4 is 15.0 Å². The molecule has 4 aromatic rings. The van der Waals surface area contributed by atoms with E-state index in [-0.39, 0.29) is 5.56 Å². The Morgan fingerprint density at radius 3 is 2.70 bits per heavy atom. The van der Waals surface area contributed by atoms with Gasteiger partial charge >= 0.3 is 0 Å². The van der Waals surface area contributed by atoms with Gasteiger partial charge in [-0.3, -0.25) is 4.79 Å². The molecule has 3 aromatic carbocycles. The molecule has 37 heavy (non-hydrogen) atoms.